The molecule has 1 aliphatic rings. The van der Waals surface area contributed by atoms with E-state index < -0.39 is 5.97 Å². The van der Waals surface area contributed by atoms with E-state index in [0.717, 1.165) is 5.56 Å². The quantitative estimate of drug-likeness (QED) is 0.489. The van der Waals surface area contributed by atoms with Crippen molar-refractivity contribution in [1.29, 1.82) is 0 Å². The molecule has 0 saturated heterocycles. The Morgan fingerprint density at radius 3 is 2.27 bits per heavy atom. The summed E-state index contributed by atoms with van der Waals surface area (Å²) in [5, 5.41) is 0. The molecule has 0 atom stereocenters. The van der Waals surface area contributed by atoms with E-state index in [2.05, 4.69) is 0 Å². The molecule has 0 bridgehead atoms. The Labute approximate surface area is 129 Å². The van der Waals surface area contributed by atoms with Crippen molar-refractivity contribution < 1.29 is 19.1 Å². The lowest BCUT2D eigenvalue weighted by molar-refractivity contribution is -0.131. The summed E-state index contributed by atoms with van der Waals surface area (Å²) in [5.41, 5.74) is 2.84. The summed E-state index contributed by atoms with van der Waals surface area (Å²) in [6.07, 6.45) is 0.343. The molecule has 0 saturated carbocycles. The largest absolute Gasteiger partial charge is 0.427 e. The predicted molar refractivity (Wildman–Crippen MR) is 82.5 cm³/mol. The smallest absolute Gasteiger partial charge is 0.308 e. The number of carbonyl (C=O) groups is 3. The van der Waals surface area contributed by atoms with Crippen molar-refractivity contribution in [3.63, 3.8) is 0 Å². The van der Waals surface area contributed by atoms with Crippen LogP contribution in [-0.2, 0) is 20.8 Å². The van der Waals surface area contributed by atoms with Gasteiger partial charge < -0.3 is 4.74 Å². The third-order valence-electron chi connectivity index (χ3n) is 3.85. The molecule has 1 aromatic rings. The van der Waals surface area contributed by atoms with Crippen LogP contribution in [0, 0.1) is 0 Å². The molecular weight excluding hydrogens is 280 g/mol. The van der Waals surface area contributed by atoms with Crippen molar-refractivity contribution in [2.45, 2.75) is 34.1 Å². The van der Waals surface area contributed by atoms with Gasteiger partial charge in [0.05, 0.1) is 0 Å². The summed E-state index contributed by atoms with van der Waals surface area (Å²) in [6.45, 7) is 6.37. The molecule has 0 spiro atoms. The van der Waals surface area contributed by atoms with Crippen LogP contribution >= 0.6 is 0 Å². The fraction of sp³-hybridized carbons (Fsp3) is 0.278. The van der Waals surface area contributed by atoms with Crippen molar-refractivity contribution in [3.05, 3.63) is 52.1 Å². The van der Waals surface area contributed by atoms with Crippen LogP contribution in [0.15, 0.2) is 46.6 Å². The van der Waals surface area contributed by atoms with E-state index >= 15 is 0 Å². The Morgan fingerprint density at radius 1 is 1.00 bits per heavy atom. The van der Waals surface area contributed by atoms with Crippen LogP contribution in [0.5, 0.6) is 5.75 Å². The number of rotatable bonds is 3. The molecule has 0 aromatic heterocycles. The zero-order chi connectivity index (χ0) is 16.4. The molecule has 4 nitrogen and oxygen atoms in total. The van der Waals surface area contributed by atoms with E-state index in [1.165, 1.54) is 6.92 Å². The molecule has 0 heterocycles. The third-order valence-corrected chi connectivity index (χ3v) is 3.85. The minimum Gasteiger partial charge on any atom is -0.427 e. The van der Waals surface area contributed by atoms with Crippen LogP contribution in [0.3, 0.4) is 0 Å². The van der Waals surface area contributed by atoms with Crippen LogP contribution < -0.4 is 4.74 Å². The van der Waals surface area contributed by atoms with Gasteiger partial charge >= 0.3 is 5.97 Å². The summed E-state index contributed by atoms with van der Waals surface area (Å²) in [4.78, 5) is 35.6. The maximum atomic E-state index is 12.4. The molecule has 0 amide bonds. The zero-order valence-corrected chi connectivity index (χ0v) is 13.1. The number of ether oxygens (including phenoxy) is 1. The predicted octanol–water partition coefficient (Wildman–Crippen LogP) is 2.96. The van der Waals surface area contributed by atoms with E-state index in [9.17, 15) is 14.4 Å². The van der Waals surface area contributed by atoms with Gasteiger partial charge in [0.2, 0.25) is 0 Å². The second kappa shape index (κ2) is 6.10. The van der Waals surface area contributed by atoms with Crippen molar-refractivity contribution in [2.24, 2.45) is 0 Å². The fourth-order valence-electron chi connectivity index (χ4n) is 2.46. The Bertz CT molecular complexity index is 735. The highest BCUT2D eigenvalue weighted by atomic mass is 16.5. The van der Waals surface area contributed by atoms with Crippen molar-refractivity contribution in [1.82, 2.24) is 0 Å². The summed E-state index contributed by atoms with van der Waals surface area (Å²) in [7, 11) is 0. The molecule has 0 N–H and O–H groups in total. The monoisotopic (exact) mass is 298 g/mol. The van der Waals surface area contributed by atoms with Gasteiger partial charge in [-0.25, -0.2) is 0 Å². The minimum absolute atomic E-state index is 0.0803. The Morgan fingerprint density at radius 2 is 1.64 bits per heavy atom. The average molecular weight is 298 g/mol. The first-order valence-corrected chi connectivity index (χ1v) is 7.05. The van der Waals surface area contributed by atoms with Gasteiger partial charge in [-0.1, -0.05) is 12.1 Å². The SMILES string of the molecule is CC(=O)Oc1cccc(CC2=C(C)C(=O)C(C)=C(C)C2=O)c1. The highest BCUT2D eigenvalue weighted by Crippen LogP contribution is 2.27. The highest BCUT2D eigenvalue weighted by Gasteiger charge is 2.27. The summed E-state index contributed by atoms with van der Waals surface area (Å²) < 4.78 is 5.04. The number of ketones is 2. The van der Waals surface area contributed by atoms with Crippen molar-refractivity contribution >= 4 is 17.5 Å². The summed E-state index contributed by atoms with van der Waals surface area (Å²) in [6, 6.07) is 6.98. The number of carbonyl (C=O) groups excluding carboxylic acids is 3. The van der Waals surface area contributed by atoms with Gasteiger partial charge in [-0.05, 0) is 38.5 Å². The number of hydrogen-bond donors (Lipinski definition) is 0. The molecule has 22 heavy (non-hydrogen) atoms. The van der Waals surface area contributed by atoms with Gasteiger partial charge in [0, 0.05) is 35.6 Å². The summed E-state index contributed by atoms with van der Waals surface area (Å²) in [5.74, 6) is -0.136. The molecule has 1 aromatic carbocycles. The molecule has 2 rings (SSSR count). The lowest BCUT2D eigenvalue weighted by Crippen LogP contribution is -2.21. The second-order valence-electron chi connectivity index (χ2n) is 5.43. The zero-order valence-electron chi connectivity index (χ0n) is 13.1. The Hall–Kier alpha value is -2.49. The van der Waals surface area contributed by atoms with Gasteiger partial charge in [0.25, 0.3) is 0 Å². The van der Waals surface area contributed by atoms with Gasteiger partial charge in [0.1, 0.15) is 5.75 Å². The van der Waals surface area contributed by atoms with Gasteiger partial charge in [0.15, 0.2) is 11.6 Å². The maximum Gasteiger partial charge on any atom is 0.308 e. The highest BCUT2D eigenvalue weighted by molar-refractivity contribution is 6.24. The summed E-state index contributed by atoms with van der Waals surface area (Å²) >= 11 is 0. The van der Waals surface area contributed by atoms with Gasteiger partial charge in [-0.2, -0.15) is 0 Å². The van der Waals surface area contributed by atoms with Crippen LogP contribution in [0.4, 0.5) is 0 Å². The van der Waals surface area contributed by atoms with Crippen LogP contribution in [0.1, 0.15) is 33.3 Å². The fourth-order valence-corrected chi connectivity index (χ4v) is 2.46. The average Bonchev–Trinajstić information content (AvgIpc) is 2.47. The van der Waals surface area contributed by atoms with Gasteiger partial charge in [-0.3, -0.25) is 14.4 Å². The number of Topliss-reactive ketones (excluding diaryl/α,β-unsaturated/α-hetero) is 2. The minimum atomic E-state index is -0.397. The molecular formula is C18H18O4. The topological polar surface area (TPSA) is 60.4 Å². The van der Waals surface area contributed by atoms with E-state index in [4.69, 9.17) is 4.74 Å². The van der Waals surface area contributed by atoms with E-state index in [1.54, 1.807) is 39.0 Å². The van der Waals surface area contributed by atoms with Crippen LogP contribution in [0.25, 0.3) is 0 Å². The maximum absolute atomic E-state index is 12.4. The van der Waals surface area contributed by atoms with E-state index in [0.29, 0.717) is 34.5 Å². The van der Waals surface area contributed by atoms with E-state index in [-0.39, 0.29) is 11.6 Å². The standard InChI is InChI=1S/C18H18O4/c1-10-11(2)18(21)16(12(3)17(10)20)9-14-6-5-7-15(8-14)22-13(4)19/h5-8H,9H2,1-4H3. The first-order valence-electron chi connectivity index (χ1n) is 7.05. The molecule has 0 fully saturated rings. The van der Waals surface area contributed by atoms with Gasteiger partial charge in [-0.15, -0.1) is 0 Å². The molecule has 0 unspecified atom stereocenters. The number of benzene rings is 1. The first-order chi connectivity index (χ1) is 10.3. The van der Waals surface area contributed by atoms with Crippen LogP contribution in [0.2, 0.25) is 0 Å². The lowest BCUT2D eigenvalue weighted by Gasteiger charge is -2.18. The van der Waals surface area contributed by atoms with Crippen LogP contribution in [-0.4, -0.2) is 17.5 Å². The molecule has 0 radical (unpaired) electrons. The Kier molecular flexibility index (Phi) is 4.40. The molecule has 1 aliphatic carbocycles. The molecule has 0 aliphatic heterocycles. The lowest BCUT2D eigenvalue weighted by atomic mass is 9.83. The third kappa shape index (κ3) is 3.06. The number of esters is 1. The number of hydrogen-bond acceptors (Lipinski definition) is 4. The molecule has 114 valence electrons. The Balaban J connectivity index is 2.32. The second-order valence-corrected chi connectivity index (χ2v) is 5.43. The molecule has 4 heteroatoms. The van der Waals surface area contributed by atoms with Crippen molar-refractivity contribution in [3.8, 4) is 5.75 Å². The van der Waals surface area contributed by atoms with Crippen molar-refractivity contribution in [2.75, 3.05) is 0 Å². The number of allylic oxidation sites excluding steroid dienone is 4. The normalized spacial score (nSPS) is 15.5. The van der Waals surface area contributed by atoms with E-state index in [1.807, 2.05) is 6.07 Å². The first kappa shape index (κ1) is 15.9.